The largest absolute Gasteiger partial charge is 0.335 e. The lowest BCUT2D eigenvalue weighted by Crippen LogP contribution is -2.30. The maximum atomic E-state index is 12.7. The van der Waals surface area contributed by atoms with Crippen LogP contribution in [0.25, 0.3) is 0 Å². The van der Waals surface area contributed by atoms with Gasteiger partial charge in [0.15, 0.2) is 0 Å². The number of fused-ring (bicyclic) bond motifs is 1. The third-order valence-corrected chi connectivity index (χ3v) is 4.54. The second-order valence-corrected chi connectivity index (χ2v) is 5.93. The Morgan fingerprint density at radius 3 is 2.74 bits per heavy atom. The highest BCUT2D eigenvalue weighted by molar-refractivity contribution is 5.95. The summed E-state index contributed by atoms with van der Waals surface area (Å²) in [6.45, 7) is 1.67. The Bertz CT molecular complexity index is 786. The average molecular weight is 310 g/mol. The lowest BCUT2D eigenvalue weighted by atomic mass is 10.1. The van der Waals surface area contributed by atoms with Crippen molar-refractivity contribution in [3.8, 4) is 0 Å². The van der Waals surface area contributed by atoms with Crippen LogP contribution in [0.2, 0.25) is 0 Å². The van der Waals surface area contributed by atoms with E-state index < -0.39 is 4.92 Å². The fourth-order valence-electron chi connectivity index (χ4n) is 3.22. The van der Waals surface area contributed by atoms with E-state index in [2.05, 4.69) is 6.07 Å². The Labute approximate surface area is 134 Å². The second-order valence-electron chi connectivity index (χ2n) is 5.93. The molecule has 0 aromatic heterocycles. The molecule has 0 spiro atoms. The Hall–Kier alpha value is -2.69. The van der Waals surface area contributed by atoms with E-state index in [9.17, 15) is 14.9 Å². The Balaban J connectivity index is 1.89. The molecule has 5 nitrogen and oxygen atoms in total. The molecule has 0 saturated heterocycles. The standard InChI is InChI=1S/C18H18N2O3/c1-12-7-8-14(11-17(12)20(22)23)18(21)19(2)16-10-9-13-5-3-4-6-15(13)16/h3-8,11,16H,9-10H2,1-2H3/t16-/m1/s1. The van der Waals surface area contributed by atoms with Crippen LogP contribution in [0.3, 0.4) is 0 Å². The quantitative estimate of drug-likeness (QED) is 0.642. The first-order valence-electron chi connectivity index (χ1n) is 7.59. The molecule has 3 rings (SSSR count). The predicted octanol–water partition coefficient (Wildman–Crippen LogP) is 3.66. The first kappa shape index (κ1) is 15.2. The van der Waals surface area contributed by atoms with Gasteiger partial charge in [0.2, 0.25) is 0 Å². The van der Waals surface area contributed by atoms with Gasteiger partial charge in [0, 0.05) is 24.2 Å². The van der Waals surface area contributed by atoms with Gasteiger partial charge in [-0.15, -0.1) is 0 Å². The maximum absolute atomic E-state index is 12.7. The number of hydrogen-bond acceptors (Lipinski definition) is 3. The molecule has 2 aromatic carbocycles. The van der Waals surface area contributed by atoms with Crippen molar-refractivity contribution < 1.29 is 9.72 Å². The molecule has 118 valence electrons. The minimum Gasteiger partial charge on any atom is -0.335 e. The second kappa shape index (κ2) is 5.83. The fraction of sp³-hybridized carbons (Fsp3) is 0.278. The summed E-state index contributed by atoms with van der Waals surface area (Å²) in [6, 6.07) is 12.8. The maximum Gasteiger partial charge on any atom is 0.273 e. The summed E-state index contributed by atoms with van der Waals surface area (Å²) in [6.07, 6.45) is 1.84. The lowest BCUT2D eigenvalue weighted by molar-refractivity contribution is -0.385. The van der Waals surface area contributed by atoms with Gasteiger partial charge >= 0.3 is 0 Å². The molecule has 1 atom stereocenters. The molecule has 5 heteroatoms. The van der Waals surface area contributed by atoms with Gasteiger partial charge < -0.3 is 4.90 Å². The molecule has 23 heavy (non-hydrogen) atoms. The molecule has 0 heterocycles. The molecule has 0 saturated carbocycles. The fourth-order valence-corrected chi connectivity index (χ4v) is 3.22. The van der Waals surface area contributed by atoms with Crippen molar-refractivity contribution in [3.05, 3.63) is 74.8 Å². The normalized spacial score (nSPS) is 16.0. The van der Waals surface area contributed by atoms with Crippen molar-refractivity contribution >= 4 is 11.6 Å². The summed E-state index contributed by atoms with van der Waals surface area (Å²) in [7, 11) is 1.76. The summed E-state index contributed by atoms with van der Waals surface area (Å²) in [5.74, 6) is -0.185. The first-order chi connectivity index (χ1) is 11.0. The number of rotatable bonds is 3. The van der Waals surface area contributed by atoms with Gasteiger partial charge in [-0.25, -0.2) is 0 Å². The van der Waals surface area contributed by atoms with Crippen LogP contribution in [0, 0.1) is 17.0 Å². The SMILES string of the molecule is Cc1ccc(C(=O)N(C)[C@@H]2CCc3ccccc32)cc1[N+](=O)[O-]. The zero-order valence-electron chi connectivity index (χ0n) is 13.2. The summed E-state index contributed by atoms with van der Waals surface area (Å²) >= 11 is 0. The van der Waals surface area contributed by atoms with Crippen molar-refractivity contribution in [2.75, 3.05) is 7.05 Å². The molecule has 1 aliphatic rings. The van der Waals surface area contributed by atoms with Gasteiger partial charge in [0.1, 0.15) is 0 Å². The topological polar surface area (TPSA) is 63.5 Å². The highest BCUT2D eigenvalue weighted by Crippen LogP contribution is 2.35. The molecule has 1 aliphatic carbocycles. The molecule has 0 fully saturated rings. The molecular weight excluding hydrogens is 292 g/mol. The van der Waals surface area contributed by atoms with E-state index in [-0.39, 0.29) is 17.6 Å². The number of nitro groups is 1. The number of carbonyl (C=O) groups is 1. The van der Waals surface area contributed by atoms with Crippen LogP contribution in [-0.4, -0.2) is 22.8 Å². The molecule has 0 aliphatic heterocycles. The van der Waals surface area contributed by atoms with Crippen LogP contribution in [0.15, 0.2) is 42.5 Å². The van der Waals surface area contributed by atoms with Crippen molar-refractivity contribution in [1.29, 1.82) is 0 Å². The van der Waals surface area contributed by atoms with Crippen LogP contribution < -0.4 is 0 Å². The van der Waals surface area contributed by atoms with Crippen molar-refractivity contribution in [3.63, 3.8) is 0 Å². The summed E-state index contributed by atoms with van der Waals surface area (Å²) in [4.78, 5) is 25.0. The van der Waals surface area contributed by atoms with Crippen LogP contribution >= 0.6 is 0 Å². The van der Waals surface area contributed by atoms with E-state index in [0.717, 1.165) is 12.8 Å². The van der Waals surface area contributed by atoms with Crippen molar-refractivity contribution in [2.24, 2.45) is 0 Å². The van der Waals surface area contributed by atoms with Gasteiger partial charge in [-0.3, -0.25) is 14.9 Å². The smallest absolute Gasteiger partial charge is 0.273 e. The van der Waals surface area contributed by atoms with Crippen LogP contribution in [0.1, 0.15) is 39.5 Å². The van der Waals surface area contributed by atoms with Crippen molar-refractivity contribution in [1.82, 2.24) is 4.90 Å². The Morgan fingerprint density at radius 1 is 1.26 bits per heavy atom. The van der Waals surface area contributed by atoms with E-state index in [0.29, 0.717) is 11.1 Å². The number of carbonyl (C=O) groups excluding carboxylic acids is 1. The molecule has 1 amide bonds. The van der Waals surface area contributed by atoms with Gasteiger partial charge in [0.05, 0.1) is 11.0 Å². The first-order valence-corrected chi connectivity index (χ1v) is 7.59. The summed E-state index contributed by atoms with van der Waals surface area (Å²) < 4.78 is 0. The number of aryl methyl sites for hydroxylation is 2. The van der Waals surface area contributed by atoms with E-state index in [1.54, 1.807) is 31.0 Å². The number of amides is 1. The molecule has 2 aromatic rings. The van der Waals surface area contributed by atoms with E-state index >= 15 is 0 Å². The van der Waals surface area contributed by atoms with E-state index in [1.807, 2.05) is 18.2 Å². The number of hydrogen-bond donors (Lipinski definition) is 0. The Kier molecular flexibility index (Phi) is 3.86. The number of nitro benzene ring substituents is 1. The summed E-state index contributed by atoms with van der Waals surface area (Å²) in [5.41, 5.74) is 3.34. The zero-order chi connectivity index (χ0) is 16.6. The highest BCUT2D eigenvalue weighted by atomic mass is 16.6. The third-order valence-electron chi connectivity index (χ3n) is 4.54. The van der Waals surface area contributed by atoms with Gasteiger partial charge in [0.25, 0.3) is 11.6 Å². The zero-order valence-corrected chi connectivity index (χ0v) is 13.2. The number of nitrogens with zero attached hydrogens (tertiary/aromatic N) is 2. The Morgan fingerprint density at radius 2 is 2.00 bits per heavy atom. The third kappa shape index (κ3) is 2.70. The molecular formula is C18H18N2O3. The molecule has 0 bridgehead atoms. The van der Waals surface area contributed by atoms with Gasteiger partial charge in [-0.2, -0.15) is 0 Å². The minimum atomic E-state index is -0.447. The van der Waals surface area contributed by atoms with E-state index in [1.165, 1.54) is 17.2 Å². The molecule has 0 radical (unpaired) electrons. The van der Waals surface area contributed by atoms with Gasteiger partial charge in [-0.1, -0.05) is 30.3 Å². The van der Waals surface area contributed by atoms with E-state index in [4.69, 9.17) is 0 Å². The van der Waals surface area contributed by atoms with Crippen LogP contribution in [0.4, 0.5) is 5.69 Å². The van der Waals surface area contributed by atoms with Crippen LogP contribution in [-0.2, 0) is 6.42 Å². The minimum absolute atomic E-state index is 0.0175. The lowest BCUT2D eigenvalue weighted by Gasteiger charge is -2.25. The average Bonchev–Trinajstić information content (AvgIpc) is 2.97. The monoisotopic (exact) mass is 310 g/mol. The molecule has 0 unspecified atom stereocenters. The summed E-state index contributed by atoms with van der Waals surface area (Å²) in [5, 5.41) is 11.1. The predicted molar refractivity (Wildman–Crippen MR) is 87.4 cm³/mol. The highest BCUT2D eigenvalue weighted by Gasteiger charge is 2.29. The van der Waals surface area contributed by atoms with Crippen molar-refractivity contribution in [2.45, 2.75) is 25.8 Å². The molecule has 0 N–H and O–H groups in total. The van der Waals surface area contributed by atoms with Crippen LogP contribution in [0.5, 0.6) is 0 Å². The number of benzene rings is 2. The van der Waals surface area contributed by atoms with Gasteiger partial charge in [-0.05, 0) is 37.0 Å².